The molecule has 1 aromatic heterocycles. The molecule has 8 heteroatoms. The van der Waals surface area contributed by atoms with Crippen molar-refractivity contribution in [1.82, 2.24) is 10.3 Å². The maximum absolute atomic E-state index is 12.0. The highest BCUT2D eigenvalue weighted by molar-refractivity contribution is 7.18. The molecule has 106 valence electrons. The van der Waals surface area contributed by atoms with Crippen molar-refractivity contribution in [3.05, 3.63) is 4.88 Å². The molecule has 0 aliphatic rings. The third-order valence-electron chi connectivity index (χ3n) is 2.55. The summed E-state index contributed by atoms with van der Waals surface area (Å²) in [4.78, 5) is 27.5. The molecule has 1 rings (SSSR count). The Labute approximate surface area is 115 Å². The van der Waals surface area contributed by atoms with E-state index in [1.807, 2.05) is 6.92 Å². The zero-order chi connectivity index (χ0) is 14.6. The molecule has 2 amide bonds. The lowest BCUT2D eigenvalue weighted by atomic mass is 9.93. The van der Waals surface area contributed by atoms with E-state index in [-0.39, 0.29) is 18.3 Å². The van der Waals surface area contributed by atoms with E-state index in [1.54, 1.807) is 13.8 Å². The highest BCUT2D eigenvalue weighted by atomic mass is 32.1. The summed E-state index contributed by atoms with van der Waals surface area (Å²) in [5.74, 6) is -0.651. The Morgan fingerprint density at radius 3 is 2.58 bits per heavy atom. The number of rotatable bonds is 6. The third kappa shape index (κ3) is 3.82. The Hall–Kier alpha value is -1.83. The van der Waals surface area contributed by atoms with Gasteiger partial charge < -0.3 is 22.1 Å². The minimum Gasteiger partial charge on any atom is -0.382 e. The summed E-state index contributed by atoms with van der Waals surface area (Å²) in [6, 6.07) is 0. The fraction of sp³-hybridized carbons (Fsp3) is 0.545. The number of thiazole rings is 1. The first-order valence-electron chi connectivity index (χ1n) is 5.86. The highest BCUT2D eigenvalue weighted by Gasteiger charge is 2.26. The van der Waals surface area contributed by atoms with Crippen molar-refractivity contribution in [3.63, 3.8) is 0 Å². The van der Waals surface area contributed by atoms with Crippen LogP contribution in [0.1, 0.15) is 30.4 Å². The van der Waals surface area contributed by atoms with Crippen LogP contribution in [0.4, 0.5) is 10.9 Å². The highest BCUT2D eigenvalue weighted by Crippen LogP contribution is 2.24. The first-order valence-corrected chi connectivity index (χ1v) is 6.68. The van der Waals surface area contributed by atoms with Crippen LogP contribution in [0.5, 0.6) is 0 Å². The molecule has 0 fully saturated rings. The second kappa shape index (κ2) is 5.87. The predicted molar refractivity (Wildman–Crippen MR) is 76.0 cm³/mol. The van der Waals surface area contributed by atoms with E-state index < -0.39 is 11.3 Å². The first kappa shape index (κ1) is 15.2. The van der Waals surface area contributed by atoms with E-state index in [1.165, 1.54) is 11.3 Å². The molecular weight excluding hydrogens is 266 g/mol. The number of nitrogen functional groups attached to an aromatic ring is 1. The zero-order valence-corrected chi connectivity index (χ0v) is 12.1. The van der Waals surface area contributed by atoms with Crippen LogP contribution in [0.25, 0.3) is 0 Å². The molecular formula is C11H19N5O2S. The van der Waals surface area contributed by atoms with Crippen molar-refractivity contribution < 1.29 is 9.59 Å². The lowest BCUT2D eigenvalue weighted by Gasteiger charge is -2.20. The number of amides is 2. The topological polar surface area (TPSA) is 123 Å². The van der Waals surface area contributed by atoms with Gasteiger partial charge in [-0.2, -0.15) is 0 Å². The molecule has 0 saturated carbocycles. The monoisotopic (exact) mass is 285 g/mol. The number of hydrogen-bond donors (Lipinski definition) is 4. The lowest BCUT2D eigenvalue weighted by molar-refractivity contribution is -0.125. The van der Waals surface area contributed by atoms with Gasteiger partial charge in [-0.15, -0.1) is 0 Å². The summed E-state index contributed by atoms with van der Waals surface area (Å²) in [6.45, 7) is 6.09. The van der Waals surface area contributed by atoms with Crippen molar-refractivity contribution in [2.75, 3.05) is 24.1 Å². The third-order valence-corrected chi connectivity index (χ3v) is 3.57. The Morgan fingerprint density at radius 2 is 2.05 bits per heavy atom. The summed E-state index contributed by atoms with van der Waals surface area (Å²) in [5.41, 5.74) is 10.1. The van der Waals surface area contributed by atoms with Crippen molar-refractivity contribution >= 4 is 34.1 Å². The second-order valence-corrected chi connectivity index (χ2v) is 5.69. The van der Waals surface area contributed by atoms with E-state index in [0.717, 1.165) is 0 Å². The van der Waals surface area contributed by atoms with Crippen LogP contribution < -0.4 is 22.1 Å². The average molecular weight is 285 g/mol. The molecule has 0 radical (unpaired) electrons. The fourth-order valence-electron chi connectivity index (χ4n) is 1.19. The molecule has 0 atom stereocenters. The van der Waals surface area contributed by atoms with Gasteiger partial charge in [-0.3, -0.25) is 9.59 Å². The van der Waals surface area contributed by atoms with Gasteiger partial charge in [0.25, 0.3) is 5.91 Å². The van der Waals surface area contributed by atoms with Gasteiger partial charge in [-0.1, -0.05) is 11.3 Å². The summed E-state index contributed by atoms with van der Waals surface area (Å²) in [7, 11) is 0. The van der Waals surface area contributed by atoms with Gasteiger partial charge in [0.1, 0.15) is 10.7 Å². The van der Waals surface area contributed by atoms with Crippen LogP contribution in [0, 0.1) is 5.41 Å². The van der Waals surface area contributed by atoms with Crippen molar-refractivity contribution in [2.24, 2.45) is 11.1 Å². The standard InChI is InChI=1S/C11H19N5O2S/c1-4-14-10-16-7(12)6(19-10)8(17)15-5-11(2,3)9(13)18/h4-5,12H2,1-3H3,(H2,13,18)(H,14,16)(H,15,17). The maximum Gasteiger partial charge on any atom is 0.265 e. The normalized spacial score (nSPS) is 11.1. The largest absolute Gasteiger partial charge is 0.382 e. The Bertz CT molecular complexity index is 483. The van der Waals surface area contributed by atoms with Gasteiger partial charge in [0, 0.05) is 13.1 Å². The number of anilines is 2. The van der Waals surface area contributed by atoms with Crippen molar-refractivity contribution in [1.29, 1.82) is 0 Å². The number of hydrogen-bond acceptors (Lipinski definition) is 6. The van der Waals surface area contributed by atoms with E-state index in [0.29, 0.717) is 16.6 Å². The smallest absolute Gasteiger partial charge is 0.265 e. The number of carbonyl (C=O) groups excluding carboxylic acids is 2. The molecule has 0 spiro atoms. The lowest BCUT2D eigenvalue weighted by Crippen LogP contribution is -2.42. The number of carbonyl (C=O) groups is 2. The molecule has 0 aliphatic carbocycles. The number of primary amides is 1. The molecule has 0 aliphatic heterocycles. The van der Waals surface area contributed by atoms with Crippen LogP contribution in [-0.4, -0.2) is 29.9 Å². The van der Waals surface area contributed by atoms with Crippen LogP contribution in [0.2, 0.25) is 0 Å². The van der Waals surface area contributed by atoms with E-state index in [2.05, 4.69) is 15.6 Å². The van der Waals surface area contributed by atoms with Gasteiger partial charge in [0.15, 0.2) is 5.13 Å². The number of nitrogens with two attached hydrogens (primary N) is 2. The van der Waals surface area contributed by atoms with Gasteiger partial charge in [0.05, 0.1) is 5.41 Å². The zero-order valence-electron chi connectivity index (χ0n) is 11.2. The number of nitrogens with one attached hydrogen (secondary N) is 2. The Kier molecular flexibility index (Phi) is 4.71. The second-order valence-electron chi connectivity index (χ2n) is 4.69. The van der Waals surface area contributed by atoms with Crippen molar-refractivity contribution in [2.45, 2.75) is 20.8 Å². The Morgan fingerprint density at radius 1 is 1.42 bits per heavy atom. The Balaban J connectivity index is 2.71. The van der Waals surface area contributed by atoms with Crippen molar-refractivity contribution in [3.8, 4) is 0 Å². The minimum atomic E-state index is -0.806. The maximum atomic E-state index is 12.0. The van der Waals surface area contributed by atoms with Gasteiger partial charge >= 0.3 is 0 Å². The minimum absolute atomic E-state index is 0.148. The van der Waals surface area contributed by atoms with Crippen LogP contribution in [0.15, 0.2) is 0 Å². The summed E-state index contributed by atoms with van der Waals surface area (Å²) in [6.07, 6.45) is 0. The van der Waals surface area contributed by atoms with Crippen LogP contribution in [-0.2, 0) is 4.79 Å². The van der Waals surface area contributed by atoms with Crippen LogP contribution >= 0.6 is 11.3 Å². The fourth-order valence-corrected chi connectivity index (χ4v) is 2.06. The molecule has 1 aromatic rings. The number of aromatic nitrogens is 1. The predicted octanol–water partition coefficient (Wildman–Crippen LogP) is 0.398. The summed E-state index contributed by atoms with van der Waals surface area (Å²) >= 11 is 1.18. The van der Waals surface area contributed by atoms with Gasteiger partial charge in [-0.25, -0.2) is 4.98 Å². The molecule has 19 heavy (non-hydrogen) atoms. The molecule has 7 nitrogen and oxygen atoms in total. The summed E-state index contributed by atoms with van der Waals surface area (Å²) < 4.78 is 0. The van der Waals surface area contributed by atoms with Gasteiger partial charge in [0.2, 0.25) is 5.91 Å². The van der Waals surface area contributed by atoms with E-state index in [4.69, 9.17) is 11.5 Å². The molecule has 1 heterocycles. The molecule has 0 bridgehead atoms. The van der Waals surface area contributed by atoms with Gasteiger partial charge in [-0.05, 0) is 20.8 Å². The molecule has 0 saturated heterocycles. The number of nitrogens with zero attached hydrogens (tertiary/aromatic N) is 1. The molecule has 0 unspecified atom stereocenters. The average Bonchev–Trinajstić information content (AvgIpc) is 2.68. The quantitative estimate of drug-likeness (QED) is 0.602. The summed E-state index contributed by atoms with van der Waals surface area (Å²) in [5, 5.41) is 6.22. The van der Waals surface area contributed by atoms with E-state index >= 15 is 0 Å². The molecule has 0 aromatic carbocycles. The van der Waals surface area contributed by atoms with Crippen LogP contribution in [0.3, 0.4) is 0 Å². The molecule has 6 N–H and O–H groups in total. The SMILES string of the molecule is CCNc1nc(N)c(C(=O)NCC(C)(C)C(N)=O)s1. The first-order chi connectivity index (χ1) is 8.77. The van der Waals surface area contributed by atoms with E-state index in [9.17, 15) is 9.59 Å².